The Balaban J connectivity index is 1.59. The van der Waals surface area contributed by atoms with Crippen molar-refractivity contribution in [3.8, 4) is 0 Å². The monoisotopic (exact) mass is 309 g/mol. The third-order valence-electron chi connectivity index (χ3n) is 6.07. The molecule has 0 bridgehead atoms. The molecule has 1 saturated carbocycles. The Kier molecular flexibility index (Phi) is 3.00. The van der Waals surface area contributed by atoms with Crippen molar-refractivity contribution in [1.82, 2.24) is 15.5 Å². The summed E-state index contributed by atoms with van der Waals surface area (Å²) in [7, 11) is 0. The molecule has 0 atom stereocenters. The van der Waals surface area contributed by atoms with E-state index in [-0.39, 0.29) is 17.1 Å². The number of hydrogen-bond acceptors (Lipinski definition) is 5. The van der Waals surface area contributed by atoms with Crippen molar-refractivity contribution in [3.05, 3.63) is 0 Å². The van der Waals surface area contributed by atoms with Gasteiger partial charge in [-0.15, -0.1) is 0 Å². The third-order valence-corrected chi connectivity index (χ3v) is 6.07. The zero-order valence-electron chi connectivity index (χ0n) is 13.6. The Morgan fingerprint density at radius 2 is 1.73 bits per heavy atom. The molecule has 1 spiro atoms. The van der Waals surface area contributed by atoms with Gasteiger partial charge in [0, 0.05) is 32.7 Å². The topological polar surface area (TPSA) is 73.8 Å². The number of rotatable bonds is 2. The lowest BCUT2D eigenvalue weighted by molar-refractivity contribution is -0.230. The molecule has 3 aliphatic heterocycles. The van der Waals surface area contributed by atoms with Crippen LogP contribution in [0.25, 0.3) is 0 Å². The molecule has 4 rings (SSSR count). The van der Waals surface area contributed by atoms with Gasteiger partial charge >= 0.3 is 0 Å². The first kappa shape index (κ1) is 14.9. The van der Waals surface area contributed by atoms with Gasteiger partial charge in [0.25, 0.3) is 0 Å². The zero-order valence-corrected chi connectivity index (χ0v) is 13.6. The van der Waals surface area contributed by atoms with E-state index in [1.165, 1.54) is 0 Å². The molecule has 0 aromatic carbocycles. The standard InChI is InChI=1S/C16H27N3O3/c1-13(2)10-19(11-14(22-13)6-17-7-14)12(20)15(4-3-5-15)16(21)8-18-9-16/h17-18,21H,3-11H2,1-2H3. The van der Waals surface area contributed by atoms with E-state index in [4.69, 9.17) is 4.74 Å². The predicted octanol–water partition coefficient (Wildman–Crippen LogP) is -0.530. The first-order chi connectivity index (χ1) is 10.3. The van der Waals surface area contributed by atoms with Crippen LogP contribution >= 0.6 is 0 Å². The molecule has 6 nitrogen and oxygen atoms in total. The van der Waals surface area contributed by atoms with E-state index in [9.17, 15) is 9.90 Å². The quantitative estimate of drug-likeness (QED) is 0.639. The Morgan fingerprint density at radius 3 is 2.14 bits per heavy atom. The molecule has 3 saturated heterocycles. The van der Waals surface area contributed by atoms with Crippen LogP contribution in [0.5, 0.6) is 0 Å². The van der Waals surface area contributed by atoms with E-state index in [2.05, 4.69) is 24.5 Å². The SMILES string of the molecule is CC1(C)CN(C(=O)C2(C3(O)CNC3)CCC2)CC2(CNC2)O1. The lowest BCUT2D eigenvalue weighted by Crippen LogP contribution is -2.77. The Bertz CT molecular complexity index is 493. The Hall–Kier alpha value is -0.690. The van der Waals surface area contributed by atoms with E-state index in [0.717, 1.165) is 32.4 Å². The van der Waals surface area contributed by atoms with Gasteiger partial charge in [-0.1, -0.05) is 6.42 Å². The normalized spacial score (nSPS) is 33.5. The highest BCUT2D eigenvalue weighted by Gasteiger charge is 2.64. The van der Waals surface area contributed by atoms with Crippen LogP contribution in [0.3, 0.4) is 0 Å². The summed E-state index contributed by atoms with van der Waals surface area (Å²) in [6, 6.07) is 0. The lowest BCUT2D eigenvalue weighted by atomic mass is 9.55. The minimum atomic E-state index is -0.851. The maximum Gasteiger partial charge on any atom is 0.232 e. The van der Waals surface area contributed by atoms with Gasteiger partial charge < -0.3 is 25.4 Å². The summed E-state index contributed by atoms with van der Waals surface area (Å²) in [6.07, 6.45) is 2.66. The second-order valence-corrected chi connectivity index (χ2v) is 8.38. The van der Waals surface area contributed by atoms with Crippen LogP contribution in [0.2, 0.25) is 0 Å². The summed E-state index contributed by atoms with van der Waals surface area (Å²) in [5, 5.41) is 17.3. The van der Waals surface area contributed by atoms with E-state index >= 15 is 0 Å². The summed E-state index contributed by atoms with van der Waals surface area (Å²) in [5.41, 5.74) is -1.98. The number of carbonyl (C=O) groups is 1. The Labute approximate surface area is 131 Å². The molecule has 0 radical (unpaired) electrons. The van der Waals surface area contributed by atoms with Gasteiger partial charge in [0.1, 0.15) is 11.2 Å². The summed E-state index contributed by atoms with van der Waals surface area (Å²) in [6.45, 7) is 8.06. The van der Waals surface area contributed by atoms with Crippen LogP contribution in [0.4, 0.5) is 0 Å². The van der Waals surface area contributed by atoms with E-state index < -0.39 is 11.0 Å². The minimum Gasteiger partial charge on any atom is -0.386 e. The van der Waals surface area contributed by atoms with Gasteiger partial charge in [-0.3, -0.25) is 4.79 Å². The fraction of sp³-hybridized carbons (Fsp3) is 0.938. The number of nitrogens with zero attached hydrogens (tertiary/aromatic N) is 1. The van der Waals surface area contributed by atoms with Crippen LogP contribution < -0.4 is 10.6 Å². The number of hydrogen-bond donors (Lipinski definition) is 3. The van der Waals surface area contributed by atoms with Gasteiger partial charge in [0.2, 0.25) is 5.91 Å². The molecule has 1 aliphatic carbocycles. The van der Waals surface area contributed by atoms with E-state index in [0.29, 0.717) is 26.2 Å². The van der Waals surface area contributed by atoms with Gasteiger partial charge in [-0.25, -0.2) is 0 Å². The maximum atomic E-state index is 13.3. The second-order valence-electron chi connectivity index (χ2n) is 8.38. The predicted molar refractivity (Wildman–Crippen MR) is 81.4 cm³/mol. The van der Waals surface area contributed by atoms with Crippen molar-refractivity contribution in [3.63, 3.8) is 0 Å². The zero-order chi connectivity index (χ0) is 15.6. The van der Waals surface area contributed by atoms with E-state index in [1.807, 2.05) is 4.90 Å². The average molecular weight is 309 g/mol. The van der Waals surface area contributed by atoms with Crippen molar-refractivity contribution in [2.24, 2.45) is 5.41 Å². The highest BCUT2D eigenvalue weighted by Crippen LogP contribution is 2.52. The number of carbonyl (C=O) groups excluding carboxylic acids is 1. The van der Waals surface area contributed by atoms with Crippen molar-refractivity contribution in [1.29, 1.82) is 0 Å². The van der Waals surface area contributed by atoms with Crippen molar-refractivity contribution in [2.75, 3.05) is 39.3 Å². The minimum absolute atomic E-state index is 0.144. The van der Waals surface area contributed by atoms with Crippen LogP contribution in [0.15, 0.2) is 0 Å². The number of nitrogens with one attached hydrogen (secondary N) is 2. The summed E-state index contributed by atoms with van der Waals surface area (Å²) < 4.78 is 6.24. The number of aliphatic hydroxyl groups is 1. The first-order valence-electron chi connectivity index (χ1n) is 8.43. The van der Waals surface area contributed by atoms with Gasteiger partial charge in [-0.2, -0.15) is 0 Å². The molecule has 3 N–H and O–H groups in total. The van der Waals surface area contributed by atoms with Crippen LogP contribution in [0.1, 0.15) is 33.1 Å². The molecule has 124 valence electrons. The molecule has 1 amide bonds. The molecule has 4 aliphatic rings. The second kappa shape index (κ2) is 4.44. The molecule has 3 heterocycles. The summed E-state index contributed by atoms with van der Waals surface area (Å²) >= 11 is 0. The largest absolute Gasteiger partial charge is 0.386 e. The first-order valence-corrected chi connectivity index (χ1v) is 8.43. The van der Waals surface area contributed by atoms with Crippen molar-refractivity contribution < 1.29 is 14.6 Å². The molecule has 22 heavy (non-hydrogen) atoms. The maximum absolute atomic E-state index is 13.3. The van der Waals surface area contributed by atoms with Crippen LogP contribution in [-0.4, -0.2) is 72.0 Å². The smallest absolute Gasteiger partial charge is 0.232 e. The molecule has 4 fully saturated rings. The summed E-state index contributed by atoms with van der Waals surface area (Å²) in [5.74, 6) is 0.144. The van der Waals surface area contributed by atoms with Crippen LogP contribution in [0, 0.1) is 5.41 Å². The molecule has 0 aromatic heterocycles. The Morgan fingerprint density at radius 1 is 1.09 bits per heavy atom. The van der Waals surface area contributed by atoms with Crippen LogP contribution in [-0.2, 0) is 9.53 Å². The van der Waals surface area contributed by atoms with Gasteiger partial charge in [-0.05, 0) is 26.7 Å². The fourth-order valence-corrected chi connectivity index (χ4v) is 4.66. The van der Waals surface area contributed by atoms with Crippen molar-refractivity contribution >= 4 is 5.91 Å². The number of ether oxygens (including phenoxy) is 1. The molecule has 0 unspecified atom stereocenters. The lowest BCUT2D eigenvalue weighted by Gasteiger charge is -2.60. The van der Waals surface area contributed by atoms with Crippen molar-refractivity contribution in [2.45, 2.75) is 49.9 Å². The molecule has 6 heteroatoms. The molecular formula is C16H27N3O3. The number of β-amino-alcohol motifs (C(OH)–C–C–N with tert-alkyl or cyclic N) is 1. The molecule has 0 aromatic rings. The number of amides is 1. The van der Waals surface area contributed by atoms with Gasteiger partial charge in [0.15, 0.2) is 0 Å². The third kappa shape index (κ3) is 1.90. The number of morpholine rings is 1. The fourth-order valence-electron chi connectivity index (χ4n) is 4.66. The average Bonchev–Trinajstić information content (AvgIpc) is 2.31. The highest BCUT2D eigenvalue weighted by molar-refractivity contribution is 5.86. The van der Waals surface area contributed by atoms with Gasteiger partial charge in [0.05, 0.1) is 17.6 Å². The summed E-state index contributed by atoms with van der Waals surface area (Å²) in [4.78, 5) is 15.3. The van der Waals surface area contributed by atoms with E-state index in [1.54, 1.807) is 0 Å². The highest BCUT2D eigenvalue weighted by atomic mass is 16.5. The molecular weight excluding hydrogens is 282 g/mol.